The number of rotatable bonds is 35. The third-order valence-corrected chi connectivity index (χ3v) is 19.3. The molecule has 0 amide bonds. The van der Waals surface area contributed by atoms with Gasteiger partial charge in [0, 0.05) is 228 Å². The zero-order chi connectivity index (χ0) is 211. The molecule has 0 bridgehead atoms. The first-order valence-corrected chi connectivity index (χ1v) is 40.2. The highest BCUT2D eigenvalue weighted by molar-refractivity contribution is 5.38. The molecule has 21 nitrogen and oxygen atoms in total. The topological polar surface area (TPSA) is 229 Å². The van der Waals surface area contributed by atoms with E-state index in [-0.39, 0.29) is 54.6 Å². The maximum atomic E-state index is 12.0. The van der Waals surface area contributed by atoms with Crippen LogP contribution >= 0.6 is 0 Å². The normalized spacial score (nSPS) is 47.9. The maximum absolute atomic E-state index is 12.0. The molecule has 7 N–H and O–H groups in total. The molecule has 784 valence electrons. The number of aliphatic hydroxyl groups is 7. The Morgan fingerprint density at radius 2 is 0.400 bits per heavy atom. The first-order valence-electron chi connectivity index (χ1n) is 102. The first-order chi connectivity index (χ1) is 114. The van der Waals surface area contributed by atoms with Crippen molar-refractivity contribution in [2.75, 3.05) is 193 Å². The molecule has 7 fully saturated rings. The van der Waals surface area contributed by atoms with Crippen molar-refractivity contribution in [2.45, 2.75) is 304 Å². The van der Waals surface area contributed by atoms with Crippen LogP contribution in [-0.4, -0.2) is 302 Å². The molecule has 7 aromatic rings. The second kappa shape index (κ2) is 58.7. The quantitative estimate of drug-likeness (QED) is 0.0196. The van der Waals surface area contributed by atoms with Crippen molar-refractivity contribution in [3.05, 3.63) is 209 Å². The highest BCUT2D eigenvalue weighted by atomic mass is 16.5. The lowest BCUT2D eigenvalue weighted by atomic mass is 9.72. The molecule has 140 heavy (non-hydrogen) atoms. The molecule has 7 aliphatic carbocycles. The average molecular weight is 2070 g/mol. The van der Waals surface area contributed by atoms with E-state index >= 15 is 0 Å². The van der Waals surface area contributed by atoms with Crippen molar-refractivity contribution in [3.63, 3.8) is 0 Å². The van der Waals surface area contributed by atoms with E-state index in [4.69, 9.17) is 191 Å². The fraction of sp³-hybridized carbons (Fsp3) is 0.647. The Labute approximate surface area is 1020 Å². The number of nitrogens with zero attached hydrogens (tertiary/aromatic N) is 7. The molecule has 0 aliphatic heterocycles. The van der Waals surface area contributed by atoms with E-state index in [9.17, 15) is 38.5 Å². The molecule has 0 aromatic heterocycles. The Hall–Kier alpha value is -7.42. The third-order valence-electron chi connectivity index (χ3n) is 19.3. The summed E-state index contributed by atoms with van der Waals surface area (Å²) in [6.07, 6.45) is -140. The Morgan fingerprint density at radius 1 is 0.221 bits per heavy atom. The van der Waals surface area contributed by atoms with Gasteiger partial charge in [-0.15, -0.1) is 0 Å². The van der Waals surface area contributed by atoms with E-state index in [0.29, 0.717) is 24.1 Å². The zero-order valence-corrected chi connectivity index (χ0v) is 74.9. The van der Waals surface area contributed by atoms with Gasteiger partial charge in [0.25, 0.3) is 0 Å². The minimum absolute atomic E-state index is 0.0377. The number of hydrogen-bond donors (Lipinski definition) is 7. The smallest absolute Gasteiger partial charge is 0.118 e. The van der Waals surface area contributed by atoms with Gasteiger partial charge in [-0.05, 0) is 311 Å². The van der Waals surface area contributed by atoms with E-state index in [0.717, 1.165) is 170 Å². The number of benzene rings is 7. The lowest BCUT2D eigenvalue weighted by Crippen LogP contribution is -2.42. The van der Waals surface area contributed by atoms with Crippen molar-refractivity contribution in [1.82, 2.24) is 34.3 Å². The van der Waals surface area contributed by atoms with Crippen LogP contribution in [0.4, 0.5) is 0 Å². The van der Waals surface area contributed by atoms with E-state index in [2.05, 4.69) is 9.47 Å². The Morgan fingerprint density at radius 3 is 0.614 bits per heavy atom. The van der Waals surface area contributed by atoms with Gasteiger partial charge in [0.15, 0.2) is 0 Å². The molecule has 0 radical (unpaired) electrons. The summed E-state index contributed by atoms with van der Waals surface area (Å²) >= 11 is 0. The van der Waals surface area contributed by atoms with Gasteiger partial charge in [-0.25, -0.2) is 0 Å². The van der Waals surface area contributed by atoms with Gasteiger partial charge in [-0.2, -0.15) is 0 Å². The molecular formula is C119H189N7O14. The summed E-state index contributed by atoms with van der Waals surface area (Å²) < 4.78 is 1020. The molecule has 0 spiro atoms. The van der Waals surface area contributed by atoms with Gasteiger partial charge in [-0.1, -0.05) is 219 Å². The van der Waals surface area contributed by atoms with Crippen LogP contribution in [0.15, 0.2) is 170 Å². The summed E-state index contributed by atoms with van der Waals surface area (Å²) in [4.78, 5) is 1.33. The summed E-state index contributed by atoms with van der Waals surface area (Å²) in [7, 11) is -13.6. The molecule has 7 aromatic carbocycles. The monoisotopic (exact) mass is 2070 g/mol. The Balaban J connectivity index is 0.000000361. The van der Waals surface area contributed by atoms with Gasteiger partial charge in [0.1, 0.15) is 40.2 Å². The highest BCUT2D eigenvalue weighted by Crippen LogP contribution is 2.49. The van der Waals surface area contributed by atoms with Crippen molar-refractivity contribution in [2.24, 2.45) is 0 Å². The van der Waals surface area contributed by atoms with Crippen LogP contribution in [0.3, 0.4) is 0 Å². The Kier molecular flexibility index (Phi) is 13.8. The van der Waals surface area contributed by atoms with Gasteiger partial charge in [0.05, 0.1) is 117 Å². The van der Waals surface area contributed by atoms with E-state index < -0.39 is 499 Å². The van der Waals surface area contributed by atoms with Crippen LogP contribution in [0.1, 0.15) is 473 Å². The molecule has 14 rings (SSSR count). The summed E-state index contributed by atoms with van der Waals surface area (Å²) in [5, 5.41) is 83.1. The number of hydrogen-bond acceptors (Lipinski definition) is 21. The molecule has 7 saturated carbocycles. The van der Waals surface area contributed by atoms with Gasteiger partial charge < -0.3 is 103 Å². The summed E-state index contributed by atoms with van der Waals surface area (Å²) in [5.41, 5.74) is -32.4. The van der Waals surface area contributed by atoms with E-state index in [1.807, 2.05) is 0 Å². The Bertz CT molecular complexity index is 10100. The molecule has 0 saturated heterocycles. The predicted molar refractivity (Wildman–Crippen MR) is 576 cm³/mol. The summed E-state index contributed by atoms with van der Waals surface area (Å²) in [5.74, 6) is -22.5. The van der Waals surface area contributed by atoms with Gasteiger partial charge in [0.2, 0.25) is 0 Å². The first kappa shape index (κ1) is 33.0. The van der Waals surface area contributed by atoms with Crippen molar-refractivity contribution < 1.29 is 239 Å². The second-order valence-electron chi connectivity index (χ2n) is 29.9. The van der Waals surface area contributed by atoms with Crippen LogP contribution in [0.2, 0.25) is 0 Å². The molecule has 0 unspecified atom stereocenters. The van der Waals surface area contributed by atoms with E-state index in [1.165, 1.54) is 33.1 Å². The van der Waals surface area contributed by atoms with Crippen molar-refractivity contribution in [1.29, 1.82) is 0 Å². The van der Waals surface area contributed by atoms with Gasteiger partial charge >= 0.3 is 0 Å². The van der Waals surface area contributed by atoms with Crippen LogP contribution < -0.4 is 33.2 Å². The highest BCUT2D eigenvalue weighted by Gasteiger charge is 2.46. The predicted octanol–water partition coefficient (Wildman–Crippen LogP) is 21.2. The van der Waals surface area contributed by atoms with Crippen LogP contribution in [0.5, 0.6) is 40.2 Å². The molecule has 21 heteroatoms. The average Bonchev–Trinajstić information content (AvgIpc) is 0.640. The fourth-order valence-electron chi connectivity index (χ4n) is 12.8. The fourth-order valence-corrected chi connectivity index (χ4v) is 12.8. The summed E-state index contributed by atoms with van der Waals surface area (Å²) in [6, 6.07) is 25.5. The van der Waals surface area contributed by atoms with Crippen LogP contribution in [0.25, 0.3) is 0 Å². The largest absolute Gasteiger partial charge is 0.497 e. The number of likely N-dealkylation sites (N-methyl/N-ethyl adjacent to an activating group) is 7. The van der Waals surface area contributed by atoms with E-state index in [1.54, 1.807) is 0 Å². The molecule has 7 atom stereocenters. The van der Waals surface area contributed by atoms with Crippen LogP contribution in [-0.2, 0) is 0 Å². The lowest BCUT2D eigenvalue weighted by Gasteiger charge is -2.40. The maximum Gasteiger partial charge on any atom is 0.118 e. The third kappa shape index (κ3) is 36.7. The minimum atomic E-state index is -4.40. The summed E-state index contributed by atoms with van der Waals surface area (Å²) in [6.45, 7) is -43.8. The van der Waals surface area contributed by atoms with Gasteiger partial charge in [-0.3, -0.25) is 0 Å². The van der Waals surface area contributed by atoms with Crippen LogP contribution in [0, 0.1) is 0 Å². The molecular weight excluding hydrogens is 1750 g/mol. The number of methoxy groups -OCH3 is 7. The lowest BCUT2D eigenvalue weighted by molar-refractivity contribution is -0.0280. The van der Waals surface area contributed by atoms with Crippen molar-refractivity contribution >= 4 is 0 Å². The standard InChI is InChI=1S/7C17H27NO2/c7*1-18(2)13-16(17(19)11-5-4-6-12-17)14-7-9-15(20-3)10-8-14/h7*7-10,16,19H,4-6,11-13H2,1-3H3/t7*16-/m1111111/s1/i1D3,2D3,3D3,4D2,5D2,6D2,11D2,12D2,16D;1D3,2D3,3D3,4D2,5D2,6D2,11D2,12D2,13D2;1D3,3D3,4D2,5D2,6D2,11D2,12D2,16D;1D3,3D3,4D2,5D2,6D2,11D2,12D2,13D2;1D3,2D3,3D3,4D2,5D2,6D2,11D2,12D2;3D3,4D2,5D2,6D2,11D2,12D2,16D;3D3,4D2,5D2,6D2,11D2,12D2,13D2. The second-order valence-corrected chi connectivity index (χ2v) is 29.9. The minimum Gasteiger partial charge on any atom is -0.497 e. The van der Waals surface area contributed by atoms with Crippen molar-refractivity contribution in [3.8, 4) is 40.2 Å². The zero-order valence-electron chi connectivity index (χ0n) is 199. The molecule has 7 aliphatic rings. The number of ether oxygens (including phenoxy) is 7. The SMILES string of the molecule is [2H]C([2H])([2H])Oc1ccc([C@@H](C([2H])([2H])N(C([2H])([2H])[2H])C([2H])([2H])[2H])C2(O)C([2H])([2H])C([2H])([2H])C([2H])([2H])C([2H])([2H])C2([2H])[2H])cc1.[2H]C([2H])([2H])Oc1ccc([C@@H](C([2H])([2H])N(C)C([2H])([2H])[2H])C2(O)C([2H])([2H])C([2H])([2H])C([2H])([2H])C([2H])([2H])C2([2H])[2H])cc1.[2H]C([2H])([2H])Oc1ccc([C@@H](C([2H])([2H])N(C)C)C2(O)C([2H])([2H])C([2H])([2H])C([2H])([2H])C([2H])([2H])C2([2H])[2H])cc1.[2H]C([2H])([2H])Oc1ccc([C@@H](CN(C([2H])([2H])[2H])C([2H])([2H])[2H])C2(O)C([2H])([2H])C([2H])([2H])C([2H])([2H])C([2H])([2H])C2([2H])[2H])cc1.[2H]C([2H])([2H])Oc1ccc([C@@]([2H])(CN(C([2H])([2H])[2H])C([2H])([2H])[2H])C2(O)C([2H])([2H])C([2H])([2H])C([2H])([2H])C([2H])([2H])C2([2H])[2H])cc1.[2H]C([2H])([2H])Oc1ccc([C@@]([2H])(CN(C)C([2H])([2H])[2H])C2(O)C([2H])([2H])C([2H])([2H])C([2H])([2H])C([2H])([2H])C2([2H])[2H])cc1.[2H]C([2H])([2H])Oc1ccc([C@@]([2H])(CN(C)C)C2(O)C([2H])([2H])C([2H])([2H])C([2H])([2H])C([2H])([2H])C2([2H])[2H])cc1. The molecule has 0 heterocycles.